The lowest BCUT2D eigenvalue weighted by Gasteiger charge is -2.39. The number of benzene rings is 1. The zero-order chi connectivity index (χ0) is 13.4. The van der Waals surface area contributed by atoms with Crippen LogP contribution in [0.25, 0.3) is 10.9 Å². The van der Waals surface area contributed by atoms with E-state index in [2.05, 4.69) is 22.9 Å². The largest absolute Gasteiger partial charge is 0.481 e. The smallest absolute Gasteiger partial charge is 0.310 e. The van der Waals surface area contributed by atoms with Crippen molar-refractivity contribution in [1.29, 1.82) is 0 Å². The molecule has 1 fully saturated rings. The molecule has 98 valence electrons. The maximum atomic E-state index is 10.9. The Morgan fingerprint density at radius 1 is 1.42 bits per heavy atom. The summed E-state index contributed by atoms with van der Waals surface area (Å²) in [7, 11) is 0. The van der Waals surface area contributed by atoms with Crippen molar-refractivity contribution in [2.45, 2.75) is 13.3 Å². The molecule has 1 N–H and O–H groups in total. The average molecular weight is 256 g/mol. The Hall–Kier alpha value is -2.10. The Bertz CT molecular complexity index is 633. The molecule has 4 nitrogen and oxygen atoms in total. The van der Waals surface area contributed by atoms with Crippen LogP contribution in [0.15, 0.2) is 30.3 Å². The molecule has 0 unspecified atom stereocenters. The topological polar surface area (TPSA) is 53.4 Å². The van der Waals surface area contributed by atoms with Crippen molar-refractivity contribution in [3.63, 3.8) is 0 Å². The summed E-state index contributed by atoms with van der Waals surface area (Å²) in [4.78, 5) is 17.6. The number of para-hydroxylation sites is 1. The lowest BCUT2D eigenvalue weighted by molar-refractivity contribution is -0.142. The minimum absolute atomic E-state index is 0.239. The van der Waals surface area contributed by atoms with Crippen molar-refractivity contribution < 1.29 is 9.90 Å². The second-order valence-corrected chi connectivity index (χ2v) is 4.94. The van der Waals surface area contributed by atoms with Gasteiger partial charge < -0.3 is 10.0 Å². The van der Waals surface area contributed by atoms with Crippen LogP contribution in [0.2, 0.25) is 0 Å². The molecule has 2 aromatic rings. The summed E-state index contributed by atoms with van der Waals surface area (Å²) >= 11 is 0. The molecule has 2 heterocycles. The third kappa shape index (κ3) is 2.03. The number of rotatable bonds is 3. The fourth-order valence-electron chi connectivity index (χ4n) is 2.48. The van der Waals surface area contributed by atoms with Gasteiger partial charge in [0, 0.05) is 29.9 Å². The van der Waals surface area contributed by atoms with Crippen molar-refractivity contribution in [2.75, 3.05) is 18.0 Å². The number of pyridine rings is 1. The van der Waals surface area contributed by atoms with Gasteiger partial charge in [-0.1, -0.05) is 25.1 Å². The van der Waals surface area contributed by atoms with Crippen molar-refractivity contribution in [3.05, 3.63) is 36.0 Å². The Morgan fingerprint density at radius 3 is 2.84 bits per heavy atom. The summed E-state index contributed by atoms with van der Waals surface area (Å²) in [6.07, 6.45) is 0.883. The predicted octanol–water partition coefficient (Wildman–Crippen LogP) is 2.32. The Morgan fingerprint density at radius 2 is 2.16 bits per heavy atom. The van der Waals surface area contributed by atoms with Gasteiger partial charge >= 0.3 is 5.97 Å². The summed E-state index contributed by atoms with van der Waals surface area (Å²) < 4.78 is 0. The lowest BCUT2D eigenvalue weighted by atomic mass is 9.98. The minimum Gasteiger partial charge on any atom is -0.481 e. The van der Waals surface area contributed by atoms with Crippen molar-refractivity contribution in [2.24, 2.45) is 5.92 Å². The quantitative estimate of drug-likeness (QED) is 0.915. The van der Waals surface area contributed by atoms with E-state index in [9.17, 15) is 4.79 Å². The maximum absolute atomic E-state index is 10.9. The average Bonchev–Trinajstić information content (AvgIpc) is 2.36. The second-order valence-electron chi connectivity index (χ2n) is 4.94. The van der Waals surface area contributed by atoms with E-state index in [0.29, 0.717) is 13.1 Å². The SMILES string of the molecule is CCc1cc(N2CC(C(=O)O)C2)c2ccccc2n1. The third-order valence-corrected chi connectivity index (χ3v) is 3.68. The van der Waals surface area contributed by atoms with E-state index in [1.807, 2.05) is 24.3 Å². The highest BCUT2D eigenvalue weighted by Gasteiger charge is 2.33. The fraction of sp³-hybridized carbons (Fsp3) is 0.333. The van der Waals surface area contributed by atoms with E-state index in [-0.39, 0.29) is 5.92 Å². The Balaban J connectivity index is 2.01. The molecule has 4 heteroatoms. The highest BCUT2D eigenvalue weighted by Crippen LogP contribution is 2.32. The highest BCUT2D eigenvalue weighted by molar-refractivity contribution is 5.93. The predicted molar refractivity (Wildman–Crippen MR) is 74.5 cm³/mol. The lowest BCUT2D eigenvalue weighted by Crippen LogP contribution is -2.50. The van der Waals surface area contributed by atoms with Gasteiger partial charge in [0.05, 0.1) is 11.4 Å². The molecular weight excluding hydrogens is 240 g/mol. The van der Waals surface area contributed by atoms with Crippen LogP contribution in [0.5, 0.6) is 0 Å². The fourth-order valence-corrected chi connectivity index (χ4v) is 2.48. The number of aliphatic carboxylic acids is 1. The number of fused-ring (bicyclic) bond motifs is 1. The number of aryl methyl sites for hydroxylation is 1. The zero-order valence-electron chi connectivity index (χ0n) is 10.8. The normalized spacial score (nSPS) is 15.5. The summed E-state index contributed by atoms with van der Waals surface area (Å²) in [5.74, 6) is -0.942. The molecule has 3 rings (SSSR count). The summed E-state index contributed by atoms with van der Waals surface area (Å²) in [5.41, 5.74) is 3.14. The third-order valence-electron chi connectivity index (χ3n) is 3.68. The number of aromatic nitrogens is 1. The van der Waals surface area contributed by atoms with Crippen molar-refractivity contribution in [3.8, 4) is 0 Å². The molecule has 1 aromatic heterocycles. The molecule has 0 spiro atoms. The Labute approximate surface area is 111 Å². The van der Waals surface area contributed by atoms with Crippen LogP contribution in [0.1, 0.15) is 12.6 Å². The molecule has 0 atom stereocenters. The van der Waals surface area contributed by atoms with E-state index in [4.69, 9.17) is 5.11 Å². The first kappa shape index (κ1) is 12.0. The number of hydrogen-bond acceptors (Lipinski definition) is 3. The van der Waals surface area contributed by atoms with Crippen LogP contribution >= 0.6 is 0 Å². The summed E-state index contributed by atoms with van der Waals surface area (Å²) in [6, 6.07) is 10.1. The van der Waals surface area contributed by atoms with Crippen LogP contribution in [0.4, 0.5) is 5.69 Å². The molecule has 0 radical (unpaired) electrons. The van der Waals surface area contributed by atoms with Crippen molar-refractivity contribution >= 4 is 22.6 Å². The van der Waals surface area contributed by atoms with Gasteiger partial charge in [0.15, 0.2) is 0 Å². The maximum Gasteiger partial charge on any atom is 0.310 e. The van der Waals surface area contributed by atoms with Gasteiger partial charge in [-0.2, -0.15) is 0 Å². The molecule has 0 amide bonds. The van der Waals surface area contributed by atoms with Crippen LogP contribution in [-0.4, -0.2) is 29.1 Å². The van der Waals surface area contributed by atoms with Crippen molar-refractivity contribution in [1.82, 2.24) is 4.98 Å². The van der Waals surface area contributed by atoms with E-state index >= 15 is 0 Å². The first-order valence-electron chi connectivity index (χ1n) is 6.55. The summed E-state index contributed by atoms with van der Waals surface area (Å²) in [6.45, 7) is 3.26. The number of hydrogen-bond donors (Lipinski definition) is 1. The second kappa shape index (κ2) is 4.53. The van der Waals surface area contributed by atoms with E-state index < -0.39 is 5.97 Å². The first-order chi connectivity index (χ1) is 9.19. The standard InChI is InChI=1S/C15H16N2O2/c1-2-11-7-14(17-8-10(9-17)15(18)19)12-5-3-4-6-13(12)16-11/h3-7,10H,2,8-9H2,1H3,(H,18,19). The molecule has 1 aromatic carbocycles. The molecule has 19 heavy (non-hydrogen) atoms. The number of carboxylic acids is 1. The molecule has 1 aliphatic heterocycles. The number of anilines is 1. The van der Waals surface area contributed by atoms with Crippen LogP contribution in [-0.2, 0) is 11.2 Å². The Kier molecular flexibility index (Phi) is 2.85. The monoisotopic (exact) mass is 256 g/mol. The number of carbonyl (C=O) groups is 1. The number of carboxylic acid groups (broad SMARTS) is 1. The minimum atomic E-state index is -0.703. The van der Waals surface area contributed by atoms with Gasteiger partial charge in [-0.3, -0.25) is 9.78 Å². The van der Waals surface area contributed by atoms with Crippen LogP contribution < -0.4 is 4.90 Å². The van der Waals surface area contributed by atoms with Gasteiger partial charge in [-0.15, -0.1) is 0 Å². The molecule has 0 saturated carbocycles. The van der Waals surface area contributed by atoms with E-state index in [0.717, 1.165) is 28.7 Å². The first-order valence-corrected chi connectivity index (χ1v) is 6.55. The van der Waals surface area contributed by atoms with Crippen LogP contribution in [0.3, 0.4) is 0 Å². The van der Waals surface area contributed by atoms with E-state index in [1.165, 1.54) is 0 Å². The zero-order valence-corrected chi connectivity index (χ0v) is 10.8. The molecule has 0 bridgehead atoms. The molecule has 1 saturated heterocycles. The highest BCUT2D eigenvalue weighted by atomic mass is 16.4. The van der Waals surface area contributed by atoms with Crippen LogP contribution in [0, 0.1) is 5.92 Å². The van der Waals surface area contributed by atoms with Gasteiger partial charge in [-0.25, -0.2) is 0 Å². The molecule has 1 aliphatic rings. The van der Waals surface area contributed by atoms with Gasteiger partial charge in [0.1, 0.15) is 0 Å². The van der Waals surface area contributed by atoms with Gasteiger partial charge in [0.2, 0.25) is 0 Å². The molecule has 0 aliphatic carbocycles. The number of nitrogens with zero attached hydrogens (tertiary/aromatic N) is 2. The molecular formula is C15H16N2O2. The summed E-state index contributed by atoms with van der Waals surface area (Å²) in [5, 5.41) is 10.1. The van der Waals surface area contributed by atoms with E-state index in [1.54, 1.807) is 0 Å². The van der Waals surface area contributed by atoms with Gasteiger partial charge in [0.25, 0.3) is 0 Å². The van der Waals surface area contributed by atoms with Gasteiger partial charge in [-0.05, 0) is 18.6 Å².